The molecule has 2 aromatic carbocycles. The van der Waals surface area contributed by atoms with Crippen molar-refractivity contribution in [3.05, 3.63) is 60.0 Å². The van der Waals surface area contributed by atoms with E-state index in [1.807, 2.05) is 16.5 Å². The van der Waals surface area contributed by atoms with Crippen LogP contribution in [0.4, 0.5) is 17.3 Å². The van der Waals surface area contributed by atoms with Crippen LogP contribution in [-0.4, -0.2) is 64.0 Å². The number of aromatic nitrogens is 5. The number of anilines is 3. The summed E-state index contributed by atoms with van der Waals surface area (Å²) in [5.41, 5.74) is 4.85. The molecule has 39 heavy (non-hydrogen) atoms. The summed E-state index contributed by atoms with van der Waals surface area (Å²) in [6, 6.07) is 14.8. The number of nitrogens with one attached hydrogen (secondary N) is 2. The number of piperazine rings is 1. The summed E-state index contributed by atoms with van der Waals surface area (Å²) in [4.78, 5) is 11.8. The molecule has 0 saturated carbocycles. The second kappa shape index (κ2) is 10.2. The maximum Gasteiger partial charge on any atom is 0.229 e. The first kappa shape index (κ1) is 25.1. The van der Waals surface area contributed by atoms with E-state index in [-0.39, 0.29) is 0 Å². The molecule has 2 N–H and O–H groups in total. The first-order valence-corrected chi connectivity index (χ1v) is 13.1. The molecule has 11 heteroatoms. The lowest BCUT2D eigenvalue weighted by Crippen LogP contribution is -2.54. The summed E-state index contributed by atoms with van der Waals surface area (Å²) in [7, 11) is 3.17. The minimum absolute atomic E-state index is 0.453. The fourth-order valence-corrected chi connectivity index (χ4v) is 5.47. The Balaban J connectivity index is 1.33. The molecule has 200 valence electrons. The molecule has 1 aliphatic rings. The molecule has 0 radical (unpaired) electrons. The van der Waals surface area contributed by atoms with Crippen molar-refractivity contribution in [3.8, 4) is 22.6 Å². The van der Waals surface area contributed by atoms with E-state index in [9.17, 15) is 0 Å². The molecule has 10 nitrogen and oxygen atoms in total. The zero-order chi connectivity index (χ0) is 27.1. The molecule has 6 rings (SSSR count). The number of fused-ring (bicyclic) bond motifs is 3. The zero-order valence-electron chi connectivity index (χ0n) is 22.1. The molecule has 1 saturated heterocycles. The highest BCUT2D eigenvalue weighted by atomic mass is 35.5. The highest BCUT2D eigenvalue weighted by molar-refractivity contribution is 6.35. The SMILES string of the molecule is COc1cc(OC)c(Cl)c(-c2cc3cnc(Nc4ccc(N5C[C@@H](C)N[C@@H](C)C5)cc4)nc3n3cnnc23)c1. The third-order valence-electron chi connectivity index (χ3n) is 6.92. The van der Waals surface area contributed by atoms with Gasteiger partial charge in [-0.3, -0.25) is 4.40 Å². The highest BCUT2D eigenvalue weighted by Gasteiger charge is 2.21. The van der Waals surface area contributed by atoms with Gasteiger partial charge in [-0.05, 0) is 50.2 Å². The van der Waals surface area contributed by atoms with Crippen molar-refractivity contribution in [2.75, 3.05) is 37.5 Å². The molecule has 3 aromatic heterocycles. The third kappa shape index (κ3) is 4.77. The van der Waals surface area contributed by atoms with Gasteiger partial charge in [-0.25, -0.2) is 4.98 Å². The second-order valence-corrected chi connectivity index (χ2v) is 10.2. The average molecular weight is 545 g/mol. The monoisotopic (exact) mass is 544 g/mol. The Hall–Kier alpha value is -4.15. The Labute approximate surface area is 230 Å². The number of rotatable bonds is 6. The molecule has 0 amide bonds. The predicted molar refractivity (Wildman–Crippen MR) is 154 cm³/mol. The van der Waals surface area contributed by atoms with Gasteiger partial charge < -0.3 is 25.0 Å². The molecule has 0 unspecified atom stereocenters. The van der Waals surface area contributed by atoms with E-state index < -0.39 is 0 Å². The van der Waals surface area contributed by atoms with Crippen LogP contribution in [0.25, 0.3) is 27.8 Å². The van der Waals surface area contributed by atoms with E-state index in [0.29, 0.717) is 51.4 Å². The number of hydrogen-bond donors (Lipinski definition) is 2. The van der Waals surface area contributed by atoms with Crippen LogP contribution in [0.15, 0.2) is 55.0 Å². The Morgan fingerprint density at radius 2 is 1.74 bits per heavy atom. The summed E-state index contributed by atoms with van der Waals surface area (Å²) in [5, 5.41) is 16.7. The van der Waals surface area contributed by atoms with Crippen LogP contribution >= 0.6 is 11.6 Å². The summed E-state index contributed by atoms with van der Waals surface area (Å²) in [6.07, 6.45) is 3.41. The lowest BCUT2D eigenvalue weighted by molar-refractivity contribution is 0.395. The molecule has 5 aromatic rings. The number of pyridine rings is 1. The van der Waals surface area contributed by atoms with Crippen molar-refractivity contribution in [1.82, 2.24) is 29.9 Å². The number of hydrogen-bond acceptors (Lipinski definition) is 9. The maximum atomic E-state index is 6.70. The van der Waals surface area contributed by atoms with Gasteiger partial charge in [-0.2, -0.15) is 4.98 Å². The van der Waals surface area contributed by atoms with Gasteiger partial charge in [0.2, 0.25) is 5.95 Å². The second-order valence-electron chi connectivity index (χ2n) is 9.79. The van der Waals surface area contributed by atoms with E-state index in [0.717, 1.165) is 29.7 Å². The normalized spacial score (nSPS) is 17.5. The number of nitrogens with zero attached hydrogens (tertiary/aromatic N) is 6. The summed E-state index contributed by atoms with van der Waals surface area (Å²) >= 11 is 6.70. The lowest BCUT2D eigenvalue weighted by atomic mass is 10.0. The molecule has 0 bridgehead atoms. The maximum absolute atomic E-state index is 6.70. The number of benzene rings is 2. The molecule has 1 fully saturated rings. The van der Waals surface area contributed by atoms with Gasteiger partial charge >= 0.3 is 0 Å². The number of halogens is 1. The Morgan fingerprint density at radius 3 is 2.46 bits per heavy atom. The number of ether oxygens (including phenoxy) is 2. The largest absolute Gasteiger partial charge is 0.497 e. The Kier molecular flexibility index (Phi) is 6.58. The van der Waals surface area contributed by atoms with Crippen LogP contribution in [0, 0.1) is 0 Å². The topological polar surface area (TPSA) is 102 Å². The van der Waals surface area contributed by atoms with Crippen LogP contribution in [0.2, 0.25) is 5.02 Å². The molecule has 1 aliphatic heterocycles. The van der Waals surface area contributed by atoms with Crippen LogP contribution in [0.3, 0.4) is 0 Å². The first-order valence-electron chi connectivity index (χ1n) is 12.7. The van der Waals surface area contributed by atoms with Gasteiger partial charge in [-0.15, -0.1) is 10.2 Å². The Bertz CT molecular complexity index is 1650. The molecule has 0 aliphatic carbocycles. The van der Waals surface area contributed by atoms with Crippen molar-refractivity contribution >= 4 is 45.6 Å². The van der Waals surface area contributed by atoms with E-state index in [1.165, 1.54) is 5.69 Å². The van der Waals surface area contributed by atoms with Crippen molar-refractivity contribution in [2.24, 2.45) is 0 Å². The molecule has 2 atom stereocenters. The smallest absolute Gasteiger partial charge is 0.229 e. The Morgan fingerprint density at radius 1 is 0.974 bits per heavy atom. The summed E-state index contributed by atoms with van der Waals surface area (Å²) in [5.74, 6) is 1.60. The minimum atomic E-state index is 0.453. The van der Waals surface area contributed by atoms with Crippen molar-refractivity contribution in [1.29, 1.82) is 0 Å². The molecular formula is C28H29ClN8O2. The highest BCUT2D eigenvalue weighted by Crippen LogP contribution is 2.41. The van der Waals surface area contributed by atoms with Gasteiger partial charge in [0, 0.05) is 65.3 Å². The van der Waals surface area contributed by atoms with Gasteiger partial charge in [-0.1, -0.05) is 11.6 Å². The van der Waals surface area contributed by atoms with E-state index in [4.69, 9.17) is 26.1 Å². The van der Waals surface area contributed by atoms with E-state index >= 15 is 0 Å². The van der Waals surface area contributed by atoms with Crippen molar-refractivity contribution in [3.63, 3.8) is 0 Å². The van der Waals surface area contributed by atoms with Crippen LogP contribution in [-0.2, 0) is 0 Å². The van der Waals surface area contributed by atoms with Crippen LogP contribution < -0.4 is 25.0 Å². The minimum Gasteiger partial charge on any atom is -0.497 e. The average Bonchev–Trinajstić information content (AvgIpc) is 3.43. The molecule has 0 spiro atoms. The van der Waals surface area contributed by atoms with Gasteiger partial charge in [0.05, 0.1) is 19.2 Å². The quantitative estimate of drug-likeness (QED) is 0.308. The van der Waals surface area contributed by atoms with Crippen molar-refractivity contribution in [2.45, 2.75) is 25.9 Å². The summed E-state index contributed by atoms with van der Waals surface area (Å²) < 4.78 is 12.7. The first-order chi connectivity index (χ1) is 18.9. The standard InChI is InChI=1S/C28H29ClN8O2/c1-16-13-36(14-17(2)32-16)20-7-5-19(6-8-20)33-28-30-12-18-9-23(27-35-31-15-37(27)26(18)34-28)22-10-21(38-3)11-24(39-4)25(22)29/h5-12,15-17,32H,13-14H2,1-4H3,(H,30,33,34)/t16-,17+. The van der Waals surface area contributed by atoms with Gasteiger partial charge in [0.1, 0.15) is 17.8 Å². The number of methoxy groups -OCH3 is 2. The van der Waals surface area contributed by atoms with Crippen molar-refractivity contribution < 1.29 is 9.47 Å². The molecular weight excluding hydrogens is 516 g/mol. The van der Waals surface area contributed by atoms with Crippen LogP contribution in [0.1, 0.15) is 13.8 Å². The lowest BCUT2D eigenvalue weighted by Gasteiger charge is -2.37. The zero-order valence-corrected chi connectivity index (χ0v) is 22.9. The van der Waals surface area contributed by atoms with Crippen LogP contribution in [0.5, 0.6) is 11.5 Å². The van der Waals surface area contributed by atoms with E-state index in [1.54, 1.807) is 32.8 Å². The van der Waals surface area contributed by atoms with Gasteiger partial charge in [0.25, 0.3) is 0 Å². The summed E-state index contributed by atoms with van der Waals surface area (Å²) in [6.45, 7) is 6.40. The predicted octanol–water partition coefficient (Wildman–Crippen LogP) is 4.94. The fourth-order valence-electron chi connectivity index (χ4n) is 5.19. The molecule has 4 heterocycles. The fraction of sp³-hybridized carbons (Fsp3) is 0.286. The third-order valence-corrected chi connectivity index (χ3v) is 7.31. The van der Waals surface area contributed by atoms with E-state index in [2.05, 4.69) is 68.8 Å². The van der Waals surface area contributed by atoms with Gasteiger partial charge in [0.15, 0.2) is 11.3 Å².